The molecule has 116 valence electrons. The normalized spacial score (nSPS) is 16.6. The van der Waals surface area contributed by atoms with E-state index in [2.05, 4.69) is 28.2 Å². The van der Waals surface area contributed by atoms with Crippen molar-refractivity contribution < 1.29 is 13.2 Å². The predicted molar refractivity (Wildman–Crippen MR) is 84.8 cm³/mol. The van der Waals surface area contributed by atoms with E-state index in [1.165, 1.54) is 12.1 Å². The highest BCUT2D eigenvalue weighted by Gasteiger charge is 2.40. The molecular weight excluding hydrogens is 380 g/mol. The number of hydrogen-bond donors (Lipinski definition) is 2. The number of halogens is 2. The Hall–Kier alpha value is -0.630. The lowest BCUT2D eigenvalue weighted by molar-refractivity contribution is 0.0944. The largest absolute Gasteiger partial charge is 0.351 e. The van der Waals surface area contributed by atoms with Crippen molar-refractivity contribution in [2.24, 2.45) is 10.6 Å². The van der Waals surface area contributed by atoms with Gasteiger partial charge in [0, 0.05) is 11.0 Å². The number of nitrogens with one attached hydrogen (secondary N) is 1. The maximum atomic E-state index is 12.2. The molecule has 0 atom stereocenters. The monoisotopic (exact) mass is 394 g/mol. The van der Waals surface area contributed by atoms with E-state index in [1.54, 1.807) is 0 Å². The summed E-state index contributed by atoms with van der Waals surface area (Å²) < 4.78 is 23.2. The number of carbonyl (C=O) groups is 1. The molecule has 0 aliphatic heterocycles. The number of sulfonamides is 1. The van der Waals surface area contributed by atoms with Crippen LogP contribution in [0.4, 0.5) is 0 Å². The molecule has 0 unspecified atom stereocenters. The molecule has 1 saturated carbocycles. The molecule has 5 nitrogen and oxygen atoms in total. The highest BCUT2D eigenvalue weighted by atomic mass is 79.9. The van der Waals surface area contributed by atoms with Gasteiger partial charge >= 0.3 is 0 Å². The standard InChI is InChI=1S/C13H16BrClN2O3S/c1-2-13(3-4-13)7-17-12(18)8-5-11(21(16,19)20)9(14)6-10(8)15/h5-6H,2-4,7H2,1H3,(H,17,18)(H2,16,19,20). The van der Waals surface area contributed by atoms with Crippen LogP contribution in [-0.4, -0.2) is 20.9 Å². The van der Waals surface area contributed by atoms with Gasteiger partial charge in [0.1, 0.15) is 0 Å². The molecule has 1 aliphatic rings. The van der Waals surface area contributed by atoms with Crippen molar-refractivity contribution in [1.82, 2.24) is 5.32 Å². The summed E-state index contributed by atoms with van der Waals surface area (Å²) >= 11 is 9.10. The molecule has 0 heterocycles. The number of carbonyl (C=O) groups excluding carboxylic acids is 1. The molecule has 21 heavy (non-hydrogen) atoms. The van der Waals surface area contributed by atoms with Crippen molar-refractivity contribution in [1.29, 1.82) is 0 Å². The Morgan fingerprint density at radius 1 is 1.48 bits per heavy atom. The minimum atomic E-state index is -3.93. The van der Waals surface area contributed by atoms with Gasteiger partial charge in [0.15, 0.2) is 0 Å². The average Bonchev–Trinajstić information content (AvgIpc) is 3.15. The molecule has 1 aromatic carbocycles. The highest BCUT2D eigenvalue weighted by molar-refractivity contribution is 9.10. The Kier molecular flexibility index (Phi) is 4.68. The van der Waals surface area contributed by atoms with Crippen LogP contribution in [0.25, 0.3) is 0 Å². The lowest BCUT2D eigenvalue weighted by atomic mass is 10.0. The van der Waals surface area contributed by atoms with E-state index in [1.807, 2.05) is 0 Å². The molecule has 0 spiro atoms. The summed E-state index contributed by atoms with van der Waals surface area (Å²) in [5.41, 5.74) is 0.302. The minimum Gasteiger partial charge on any atom is -0.351 e. The zero-order valence-electron chi connectivity index (χ0n) is 11.4. The van der Waals surface area contributed by atoms with Gasteiger partial charge in [-0.15, -0.1) is 0 Å². The number of primary sulfonamides is 1. The first-order chi connectivity index (χ1) is 9.68. The summed E-state index contributed by atoms with van der Waals surface area (Å²) in [7, 11) is -3.93. The van der Waals surface area contributed by atoms with E-state index < -0.39 is 15.9 Å². The van der Waals surface area contributed by atoms with Crippen molar-refractivity contribution in [3.05, 3.63) is 27.2 Å². The molecule has 1 amide bonds. The third-order valence-corrected chi connectivity index (χ3v) is 6.09. The average molecular weight is 396 g/mol. The van der Waals surface area contributed by atoms with Gasteiger partial charge in [-0.25, -0.2) is 13.6 Å². The summed E-state index contributed by atoms with van der Waals surface area (Å²) in [6.07, 6.45) is 3.20. The van der Waals surface area contributed by atoms with Gasteiger partial charge in [0.05, 0.1) is 15.5 Å². The first-order valence-electron chi connectivity index (χ1n) is 6.48. The molecule has 2 rings (SSSR count). The van der Waals surface area contributed by atoms with E-state index in [-0.39, 0.29) is 25.4 Å². The second-order valence-corrected chi connectivity index (χ2v) is 8.14. The molecule has 0 saturated heterocycles. The molecule has 0 bridgehead atoms. The van der Waals surface area contributed by atoms with Crippen molar-refractivity contribution in [2.75, 3.05) is 6.54 Å². The fourth-order valence-electron chi connectivity index (χ4n) is 2.12. The van der Waals surface area contributed by atoms with Gasteiger partial charge in [-0.05, 0) is 52.7 Å². The lowest BCUT2D eigenvalue weighted by Gasteiger charge is -2.14. The van der Waals surface area contributed by atoms with E-state index in [9.17, 15) is 13.2 Å². The van der Waals surface area contributed by atoms with Crippen LogP contribution in [-0.2, 0) is 10.0 Å². The Bertz CT molecular complexity index is 687. The fourth-order valence-corrected chi connectivity index (χ4v) is 4.13. The number of rotatable bonds is 5. The van der Waals surface area contributed by atoms with Crippen molar-refractivity contribution in [3.63, 3.8) is 0 Å². The summed E-state index contributed by atoms with van der Waals surface area (Å²) in [5, 5.41) is 8.11. The van der Waals surface area contributed by atoms with E-state index in [0.717, 1.165) is 19.3 Å². The number of hydrogen-bond acceptors (Lipinski definition) is 3. The van der Waals surface area contributed by atoms with Crippen LogP contribution >= 0.6 is 27.5 Å². The SMILES string of the molecule is CCC1(CNC(=O)c2cc(S(N)(=O)=O)c(Br)cc2Cl)CC1. The van der Waals surface area contributed by atoms with Crippen LogP contribution in [0.2, 0.25) is 5.02 Å². The van der Waals surface area contributed by atoms with Crippen molar-refractivity contribution in [2.45, 2.75) is 31.1 Å². The van der Waals surface area contributed by atoms with E-state index in [4.69, 9.17) is 16.7 Å². The Labute approximate surface area is 137 Å². The minimum absolute atomic E-state index is 0.107. The summed E-state index contributed by atoms with van der Waals surface area (Å²) in [6.45, 7) is 2.66. The van der Waals surface area contributed by atoms with Crippen LogP contribution < -0.4 is 10.5 Å². The van der Waals surface area contributed by atoms with Crippen LogP contribution in [0.5, 0.6) is 0 Å². The van der Waals surface area contributed by atoms with Gasteiger partial charge in [-0.2, -0.15) is 0 Å². The Morgan fingerprint density at radius 3 is 2.57 bits per heavy atom. The first-order valence-corrected chi connectivity index (χ1v) is 9.20. The van der Waals surface area contributed by atoms with Crippen LogP contribution in [0.3, 0.4) is 0 Å². The van der Waals surface area contributed by atoms with Crippen molar-refractivity contribution >= 4 is 43.5 Å². The molecular formula is C13H16BrClN2O3S. The zero-order valence-corrected chi connectivity index (χ0v) is 14.6. The Balaban J connectivity index is 2.24. The van der Waals surface area contributed by atoms with Gasteiger partial charge in [-0.3, -0.25) is 4.79 Å². The topological polar surface area (TPSA) is 89.3 Å². The Morgan fingerprint density at radius 2 is 2.10 bits per heavy atom. The molecule has 8 heteroatoms. The molecule has 1 aromatic rings. The van der Waals surface area contributed by atoms with Crippen LogP contribution in [0.1, 0.15) is 36.5 Å². The number of nitrogens with two attached hydrogens (primary N) is 1. The van der Waals surface area contributed by atoms with Crippen LogP contribution in [0, 0.1) is 5.41 Å². The number of amides is 1. The first kappa shape index (κ1) is 16.7. The van der Waals surface area contributed by atoms with Gasteiger partial charge in [-0.1, -0.05) is 18.5 Å². The lowest BCUT2D eigenvalue weighted by Crippen LogP contribution is -2.30. The van der Waals surface area contributed by atoms with Crippen molar-refractivity contribution in [3.8, 4) is 0 Å². The number of benzene rings is 1. The predicted octanol–water partition coefficient (Wildman–Crippen LogP) is 2.67. The fraction of sp³-hybridized carbons (Fsp3) is 0.462. The summed E-state index contributed by atoms with van der Waals surface area (Å²) in [6, 6.07) is 2.56. The molecule has 1 aliphatic carbocycles. The van der Waals surface area contributed by atoms with Crippen LogP contribution in [0.15, 0.2) is 21.5 Å². The highest BCUT2D eigenvalue weighted by Crippen LogP contribution is 2.47. The third-order valence-electron chi connectivity index (χ3n) is 3.90. The van der Waals surface area contributed by atoms with Gasteiger partial charge in [0.25, 0.3) is 5.91 Å². The summed E-state index contributed by atoms with van der Waals surface area (Å²) in [5.74, 6) is -0.392. The smallest absolute Gasteiger partial charge is 0.252 e. The second kappa shape index (κ2) is 5.87. The maximum Gasteiger partial charge on any atom is 0.252 e. The molecule has 3 N–H and O–H groups in total. The second-order valence-electron chi connectivity index (χ2n) is 5.34. The third kappa shape index (κ3) is 3.77. The maximum absolute atomic E-state index is 12.2. The zero-order chi connectivity index (χ0) is 15.8. The van der Waals surface area contributed by atoms with E-state index >= 15 is 0 Å². The molecule has 1 fully saturated rings. The molecule has 0 radical (unpaired) electrons. The van der Waals surface area contributed by atoms with Gasteiger partial charge < -0.3 is 5.32 Å². The van der Waals surface area contributed by atoms with E-state index in [0.29, 0.717) is 6.54 Å². The summed E-state index contributed by atoms with van der Waals surface area (Å²) in [4.78, 5) is 12.0. The molecule has 0 aromatic heterocycles. The van der Waals surface area contributed by atoms with Gasteiger partial charge in [0.2, 0.25) is 10.0 Å². The quantitative estimate of drug-likeness (QED) is 0.803.